The fourth-order valence-electron chi connectivity index (χ4n) is 4.08. The topological polar surface area (TPSA) is 21.6 Å². The van der Waals surface area contributed by atoms with Gasteiger partial charge in [0.25, 0.3) is 8.32 Å². The van der Waals surface area contributed by atoms with Gasteiger partial charge in [-0.05, 0) is 28.3 Å². The molecule has 2 nitrogen and oxygen atoms in total. The smallest absolute Gasteiger partial charge is 0.300 e. The van der Waals surface area contributed by atoms with Crippen LogP contribution < -0.4 is 0 Å². The van der Waals surface area contributed by atoms with E-state index in [0.29, 0.717) is 0 Å². The van der Waals surface area contributed by atoms with E-state index in [2.05, 4.69) is 108 Å². The summed E-state index contributed by atoms with van der Waals surface area (Å²) in [7, 11) is -2.38. The molecule has 0 radical (unpaired) electrons. The summed E-state index contributed by atoms with van der Waals surface area (Å²) in [5, 5.41) is 4.50. The molecular weight excluding hydrogens is 418 g/mol. The van der Waals surface area contributed by atoms with Crippen LogP contribution in [0.5, 0.6) is 0 Å². The molecule has 4 aromatic carbocycles. The second-order valence-corrected chi connectivity index (χ2v) is 11.9. The molecule has 0 N–H and O–H groups in total. The van der Waals surface area contributed by atoms with E-state index in [4.69, 9.17) is 4.53 Å². The van der Waals surface area contributed by atoms with E-state index in [1.54, 1.807) is 6.21 Å². The Balaban J connectivity index is 1.62. The number of benzene rings is 4. The van der Waals surface area contributed by atoms with Crippen molar-refractivity contribution >= 4 is 20.6 Å². The third-order valence-electron chi connectivity index (χ3n) is 5.59. The van der Waals surface area contributed by atoms with E-state index in [1.165, 1.54) is 16.7 Å². The van der Waals surface area contributed by atoms with Gasteiger partial charge in [-0.1, -0.05) is 127 Å². The highest BCUT2D eigenvalue weighted by Gasteiger charge is 2.39. The first kappa shape index (κ1) is 22.5. The van der Waals surface area contributed by atoms with E-state index in [1.807, 2.05) is 30.4 Å². The van der Waals surface area contributed by atoms with Crippen LogP contribution in [-0.4, -0.2) is 14.5 Å². The van der Waals surface area contributed by atoms with Crippen molar-refractivity contribution in [1.29, 1.82) is 0 Å². The zero-order chi connectivity index (χ0) is 22.6. The first-order valence-corrected chi connectivity index (χ1v) is 13.9. The van der Waals surface area contributed by atoms with E-state index in [-0.39, 0.29) is 0 Å². The standard InChI is InChI=1S/C30H29NOSi/c1-5-14-27(15-6-1)22-13-23-31-32-33(24-28-16-7-2-8-17-28,25-29-18-9-3-10-19-29)26-30-20-11-4-12-21-30/h1-23H,24-26H2. The van der Waals surface area contributed by atoms with Gasteiger partial charge < -0.3 is 4.53 Å². The molecule has 0 aromatic heterocycles. The Morgan fingerprint density at radius 1 is 0.545 bits per heavy atom. The van der Waals surface area contributed by atoms with Crippen molar-refractivity contribution in [1.82, 2.24) is 0 Å². The Morgan fingerprint density at radius 2 is 0.939 bits per heavy atom. The van der Waals surface area contributed by atoms with Gasteiger partial charge in [0.15, 0.2) is 0 Å². The molecule has 164 valence electrons. The molecule has 0 bridgehead atoms. The minimum Gasteiger partial charge on any atom is -0.454 e. The lowest BCUT2D eigenvalue weighted by atomic mass is 10.2. The van der Waals surface area contributed by atoms with Crippen molar-refractivity contribution in [3.63, 3.8) is 0 Å². The minimum atomic E-state index is -2.38. The third kappa shape index (κ3) is 7.16. The maximum Gasteiger partial charge on any atom is 0.300 e. The molecule has 0 heterocycles. The summed E-state index contributed by atoms with van der Waals surface area (Å²) < 4.78 is 6.54. The predicted octanol–water partition coefficient (Wildman–Crippen LogP) is 6.99. The average Bonchev–Trinajstić information content (AvgIpc) is 2.86. The van der Waals surface area contributed by atoms with Crippen LogP contribution in [0.25, 0.3) is 6.08 Å². The molecule has 3 heteroatoms. The first-order valence-electron chi connectivity index (χ1n) is 11.4. The quantitative estimate of drug-likeness (QED) is 0.146. The lowest BCUT2D eigenvalue weighted by molar-refractivity contribution is 0.319. The van der Waals surface area contributed by atoms with E-state index < -0.39 is 8.32 Å². The summed E-state index contributed by atoms with van der Waals surface area (Å²) in [4.78, 5) is 0. The Kier molecular flexibility index (Phi) is 8.04. The van der Waals surface area contributed by atoms with Crippen molar-refractivity contribution in [2.24, 2.45) is 5.16 Å². The molecule has 0 aliphatic rings. The van der Waals surface area contributed by atoms with Crippen LogP contribution in [0.2, 0.25) is 0 Å². The van der Waals surface area contributed by atoms with E-state index in [9.17, 15) is 0 Å². The normalized spacial score (nSPS) is 11.8. The molecule has 0 fully saturated rings. The van der Waals surface area contributed by atoms with Crippen LogP contribution >= 0.6 is 0 Å². The van der Waals surface area contributed by atoms with Gasteiger partial charge in [0.05, 0.1) is 6.21 Å². The van der Waals surface area contributed by atoms with Gasteiger partial charge in [0.2, 0.25) is 0 Å². The van der Waals surface area contributed by atoms with Gasteiger partial charge in [-0.3, -0.25) is 0 Å². The van der Waals surface area contributed by atoms with Crippen LogP contribution in [0.4, 0.5) is 0 Å². The molecule has 4 aromatic rings. The van der Waals surface area contributed by atoms with Gasteiger partial charge in [-0.25, -0.2) is 0 Å². The SMILES string of the molecule is C(=Cc1ccccc1)C=NO[Si](Cc1ccccc1)(Cc1ccccc1)Cc1ccccc1. The second-order valence-electron chi connectivity index (χ2n) is 8.29. The van der Waals surface area contributed by atoms with Gasteiger partial charge in [-0.2, -0.15) is 0 Å². The van der Waals surface area contributed by atoms with Crippen molar-refractivity contribution in [2.75, 3.05) is 0 Å². The number of nitrogens with zero attached hydrogens (tertiary/aromatic N) is 1. The molecular formula is C30H29NOSi. The summed E-state index contributed by atoms with van der Waals surface area (Å²) in [5.41, 5.74) is 5.04. The summed E-state index contributed by atoms with van der Waals surface area (Å²) in [6.45, 7) is 0. The number of allylic oxidation sites excluding steroid dienone is 1. The van der Waals surface area contributed by atoms with Crippen molar-refractivity contribution in [3.05, 3.63) is 150 Å². The second kappa shape index (κ2) is 11.8. The maximum atomic E-state index is 6.54. The number of hydrogen-bond acceptors (Lipinski definition) is 2. The van der Waals surface area contributed by atoms with Crippen LogP contribution in [0.1, 0.15) is 22.3 Å². The Bertz CT molecular complexity index is 1040. The maximum absolute atomic E-state index is 6.54. The molecule has 0 atom stereocenters. The molecule has 33 heavy (non-hydrogen) atoms. The molecule has 0 unspecified atom stereocenters. The summed E-state index contributed by atoms with van der Waals surface area (Å²) >= 11 is 0. The molecule has 0 aliphatic heterocycles. The van der Waals surface area contributed by atoms with Crippen molar-refractivity contribution in [2.45, 2.75) is 18.1 Å². The van der Waals surface area contributed by atoms with Crippen molar-refractivity contribution < 1.29 is 4.53 Å². The first-order chi connectivity index (χ1) is 16.3. The minimum absolute atomic E-state index is 0.900. The number of hydrogen-bond donors (Lipinski definition) is 0. The highest BCUT2D eigenvalue weighted by atomic mass is 28.4. The molecule has 0 spiro atoms. The largest absolute Gasteiger partial charge is 0.454 e. The van der Waals surface area contributed by atoms with Crippen LogP contribution in [0.3, 0.4) is 0 Å². The lowest BCUT2D eigenvalue weighted by Crippen LogP contribution is -2.46. The van der Waals surface area contributed by atoms with Gasteiger partial charge in [0.1, 0.15) is 0 Å². The van der Waals surface area contributed by atoms with E-state index >= 15 is 0 Å². The summed E-state index contributed by atoms with van der Waals surface area (Å²) in [5.74, 6) is 0. The van der Waals surface area contributed by atoms with Gasteiger partial charge in [-0.15, -0.1) is 5.16 Å². The average molecular weight is 448 g/mol. The predicted molar refractivity (Wildman–Crippen MR) is 141 cm³/mol. The zero-order valence-corrected chi connectivity index (χ0v) is 19.8. The highest BCUT2D eigenvalue weighted by molar-refractivity contribution is 6.72. The molecule has 4 rings (SSSR count). The zero-order valence-electron chi connectivity index (χ0n) is 18.8. The van der Waals surface area contributed by atoms with Crippen LogP contribution in [0, 0.1) is 0 Å². The van der Waals surface area contributed by atoms with Gasteiger partial charge >= 0.3 is 0 Å². The fraction of sp³-hybridized carbons (Fsp3) is 0.100. The molecule has 0 saturated carbocycles. The van der Waals surface area contributed by atoms with Gasteiger partial charge in [0, 0.05) is 18.1 Å². The Morgan fingerprint density at radius 3 is 1.36 bits per heavy atom. The number of oxime groups is 1. The van der Waals surface area contributed by atoms with Crippen LogP contribution in [0.15, 0.2) is 133 Å². The fourth-order valence-corrected chi connectivity index (χ4v) is 7.88. The Labute approximate surface area is 198 Å². The highest BCUT2D eigenvalue weighted by Crippen LogP contribution is 2.24. The summed E-state index contributed by atoms with van der Waals surface area (Å²) in [6, 6.07) is 44.9. The monoisotopic (exact) mass is 447 g/mol. The third-order valence-corrected chi connectivity index (χ3v) is 9.24. The molecule has 0 amide bonds. The molecule has 0 saturated heterocycles. The summed E-state index contributed by atoms with van der Waals surface area (Å²) in [6.07, 6.45) is 5.76. The lowest BCUT2D eigenvalue weighted by Gasteiger charge is -2.29. The molecule has 0 aliphatic carbocycles. The van der Waals surface area contributed by atoms with Crippen molar-refractivity contribution in [3.8, 4) is 0 Å². The number of rotatable bonds is 10. The van der Waals surface area contributed by atoms with Crippen LogP contribution in [-0.2, 0) is 22.7 Å². The van der Waals surface area contributed by atoms with E-state index in [0.717, 1.165) is 23.7 Å². The Hall–Kier alpha value is -3.69.